The summed E-state index contributed by atoms with van der Waals surface area (Å²) in [5.74, 6) is -1.74. The average molecular weight is 210 g/mol. The van der Waals surface area contributed by atoms with Crippen molar-refractivity contribution in [3.05, 3.63) is 29.7 Å². The highest BCUT2D eigenvalue weighted by Crippen LogP contribution is 2.23. The van der Waals surface area contributed by atoms with Gasteiger partial charge < -0.3 is 15.4 Å². The third-order valence-corrected chi connectivity index (χ3v) is 2.02. The normalized spacial score (nSPS) is 12.9. The number of carboxylic acids is 1. The van der Waals surface area contributed by atoms with Crippen LogP contribution in [0.1, 0.15) is 11.7 Å². The summed E-state index contributed by atoms with van der Waals surface area (Å²) in [5, 5.41) is 12.5. The van der Waals surface area contributed by atoms with E-state index < -0.39 is 17.8 Å². The SMILES string of the molecule is N[C@H](C(=O)O)c1noc2ccc(F)cc12. The number of fused-ring (bicyclic) bond motifs is 1. The summed E-state index contributed by atoms with van der Waals surface area (Å²) in [7, 11) is 0. The van der Waals surface area contributed by atoms with Crippen LogP contribution in [0.25, 0.3) is 11.0 Å². The number of aromatic nitrogens is 1. The van der Waals surface area contributed by atoms with E-state index in [4.69, 9.17) is 15.4 Å². The number of carboxylic acid groups (broad SMARTS) is 1. The Labute approximate surface area is 83.3 Å². The van der Waals surface area contributed by atoms with Crippen LogP contribution in [0.5, 0.6) is 0 Å². The fourth-order valence-corrected chi connectivity index (χ4v) is 1.27. The minimum atomic E-state index is -1.31. The zero-order valence-corrected chi connectivity index (χ0v) is 7.48. The monoisotopic (exact) mass is 210 g/mol. The number of benzene rings is 1. The van der Waals surface area contributed by atoms with Crippen molar-refractivity contribution < 1.29 is 18.8 Å². The molecule has 0 aliphatic heterocycles. The Balaban J connectivity index is 2.61. The predicted molar refractivity (Wildman–Crippen MR) is 48.5 cm³/mol. The minimum absolute atomic E-state index is 0.0250. The van der Waals surface area contributed by atoms with Crippen molar-refractivity contribution in [2.24, 2.45) is 5.73 Å². The number of nitrogens with zero attached hydrogens (tertiary/aromatic N) is 1. The van der Waals surface area contributed by atoms with E-state index in [2.05, 4.69) is 5.16 Å². The summed E-state index contributed by atoms with van der Waals surface area (Å²) in [6.45, 7) is 0. The highest BCUT2D eigenvalue weighted by atomic mass is 19.1. The standard InChI is InChI=1S/C9H7FN2O3/c10-4-1-2-6-5(3-4)8(12-15-6)7(11)9(13)14/h1-3,7H,11H2,(H,13,14)/t7-/m0/s1. The van der Waals surface area contributed by atoms with E-state index in [0.29, 0.717) is 5.58 Å². The molecule has 3 N–H and O–H groups in total. The molecule has 6 heteroatoms. The molecule has 0 saturated heterocycles. The number of hydrogen-bond acceptors (Lipinski definition) is 4. The van der Waals surface area contributed by atoms with E-state index in [9.17, 15) is 9.18 Å². The molecular formula is C9H7FN2O3. The van der Waals surface area contributed by atoms with Gasteiger partial charge >= 0.3 is 5.97 Å². The number of halogens is 1. The molecule has 0 radical (unpaired) electrons. The first-order valence-corrected chi connectivity index (χ1v) is 4.13. The quantitative estimate of drug-likeness (QED) is 0.773. The van der Waals surface area contributed by atoms with Gasteiger partial charge in [0, 0.05) is 0 Å². The van der Waals surface area contributed by atoms with Crippen LogP contribution < -0.4 is 5.73 Å². The highest BCUT2D eigenvalue weighted by molar-refractivity contribution is 5.85. The van der Waals surface area contributed by atoms with Crippen LogP contribution in [0.4, 0.5) is 4.39 Å². The lowest BCUT2D eigenvalue weighted by molar-refractivity contribution is -0.138. The van der Waals surface area contributed by atoms with Gasteiger partial charge in [-0.3, -0.25) is 4.79 Å². The van der Waals surface area contributed by atoms with Crippen molar-refractivity contribution in [1.82, 2.24) is 5.16 Å². The smallest absolute Gasteiger partial charge is 0.326 e. The molecule has 1 aromatic heterocycles. The van der Waals surface area contributed by atoms with Crippen LogP contribution >= 0.6 is 0 Å². The van der Waals surface area contributed by atoms with Gasteiger partial charge in [0.1, 0.15) is 11.5 Å². The van der Waals surface area contributed by atoms with Gasteiger partial charge in [-0.2, -0.15) is 0 Å². The summed E-state index contributed by atoms with van der Waals surface area (Å²) in [4.78, 5) is 10.6. The second-order valence-electron chi connectivity index (χ2n) is 3.02. The fourth-order valence-electron chi connectivity index (χ4n) is 1.27. The fraction of sp³-hybridized carbons (Fsp3) is 0.111. The summed E-state index contributed by atoms with van der Waals surface area (Å²) in [6, 6.07) is 2.40. The topological polar surface area (TPSA) is 89.4 Å². The second-order valence-corrected chi connectivity index (χ2v) is 3.02. The number of nitrogens with two attached hydrogens (primary N) is 1. The first-order valence-electron chi connectivity index (χ1n) is 4.13. The van der Waals surface area contributed by atoms with Crippen molar-refractivity contribution >= 4 is 16.9 Å². The molecule has 0 aliphatic carbocycles. The zero-order valence-electron chi connectivity index (χ0n) is 7.48. The first-order chi connectivity index (χ1) is 7.09. The van der Waals surface area contributed by atoms with E-state index in [0.717, 1.165) is 6.07 Å². The molecule has 1 heterocycles. The molecular weight excluding hydrogens is 203 g/mol. The largest absolute Gasteiger partial charge is 0.480 e. The predicted octanol–water partition coefficient (Wildman–Crippen LogP) is 1.05. The van der Waals surface area contributed by atoms with Crippen LogP contribution in [0.15, 0.2) is 22.7 Å². The van der Waals surface area contributed by atoms with Crippen molar-refractivity contribution in [3.8, 4) is 0 Å². The summed E-state index contributed by atoms with van der Waals surface area (Å²) in [6.07, 6.45) is 0. The molecule has 15 heavy (non-hydrogen) atoms. The Bertz CT molecular complexity index is 523. The van der Waals surface area contributed by atoms with E-state index in [-0.39, 0.29) is 11.1 Å². The minimum Gasteiger partial charge on any atom is -0.480 e. The molecule has 0 bridgehead atoms. The number of rotatable bonds is 2. The van der Waals surface area contributed by atoms with Gasteiger partial charge in [0.25, 0.3) is 0 Å². The Hall–Kier alpha value is -1.95. The van der Waals surface area contributed by atoms with E-state index in [1.165, 1.54) is 12.1 Å². The molecule has 0 saturated carbocycles. The van der Waals surface area contributed by atoms with E-state index >= 15 is 0 Å². The highest BCUT2D eigenvalue weighted by Gasteiger charge is 2.21. The van der Waals surface area contributed by atoms with Gasteiger partial charge in [-0.15, -0.1) is 0 Å². The van der Waals surface area contributed by atoms with Crippen LogP contribution in [0, 0.1) is 5.82 Å². The Morgan fingerprint density at radius 2 is 2.33 bits per heavy atom. The molecule has 0 amide bonds. The van der Waals surface area contributed by atoms with Crippen molar-refractivity contribution in [2.75, 3.05) is 0 Å². The van der Waals surface area contributed by atoms with Crippen molar-refractivity contribution in [3.63, 3.8) is 0 Å². The molecule has 0 fully saturated rings. The lowest BCUT2D eigenvalue weighted by atomic mass is 10.1. The Morgan fingerprint density at radius 1 is 1.60 bits per heavy atom. The molecule has 1 atom stereocenters. The Kier molecular flexibility index (Phi) is 2.12. The first kappa shape index (κ1) is 9.60. The van der Waals surface area contributed by atoms with Gasteiger partial charge in [0.15, 0.2) is 11.6 Å². The van der Waals surface area contributed by atoms with Crippen LogP contribution in [0.3, 0.4) is 0 Å². The molecule has 5 nitrogen and oxygen atoms in total. The van der Waals surface area contributed by atoms with Crippen molar-refractivity contribution in [2.45, 2.75) is 6.04 Å². The van der Waals surface area contributed by atoms with Crippen LogP contribution in [-0.2, 0) is 4.79 Å². The van der Waals surface area contributed by atoms with Crippen molar-refractivity contribution in [1.29, 1.82) is 0 Å². The maximum atomic E-state index is 12.9. The van der Waals surface area contributed by atoms with Crippen LogP contribution in [0.2, 0.25) is 0 Å². The Morgan fingerprint density at radius 3 is 3.00 bits per heavy atom. The molecule has 1 aromatic carbocycles. The third-order valence-electron chi connectivity index (χ3n) is 2.02. The maximum Gasteiger partial charge on any atom is 0.326 e. The van der Waals surface area contributed by atoms with Gasteiger partial charge in [-0.25, -0.2) is 4.39 Å². The summed E-state index contributed by atoms with van der Waals surface area (Å²) >= 11 is 0. The summed E-state index contributed by atoms with van der Waals surface area (Å²) < 4.78 is 17.7. The molecule has 2 aromatic rings. The van der Waals surface area contributed by atoms with Gasteiger partial charge in [0.2, 0.25) is 0 Å². The van der Waals surface area contributed by atoms with E-state index in [1.807, 2.05) is 0 Å². The zero-order chi connectivity index (χ0) is 11.0. The van der Waals surface area contributed by atoms with Gasteiger partial charge in [0.05, 0.1) is 5.39 Å². The maximum absolute atomic E-state index is 12.9. The summed E-state index contributed by atoms with van der Waals surface area (Å²) in [5.41, 5.74) is 5.69. The number of aliphatic carboxylic acids is 1. The molecule has 0 unspecified atom stereocenters. The molecule has 78 valence electrons. The lowest BCUT2D eigenvalue weighted by Gasteiger charge is -2.00. The van der Waals surface area contributed by atoms with E-state index in [1.54, 1.807) is 0 Å². The third kappa shape index (κ3) is 1.55. The molecule has 0 aliphatic rings. The van der Waals surface area contributed by atoms with Gasteiger partial charge in [-0.1, -0.05) is 5.16 Å². The number of carbonyl (C=O) groups is 1. The van der Waals surface area contributed by atoms with Crippen LogP contribution in [-0.4, -0.2) is 16.2 Å². The average Bonchev–Trinajstić information content (AvgIpc) is 2.59. The molecule has 2 rings (SSSR count). The lowest BCUT2D eigenvalue weighted by Crippen LogP contribution is -2.21. The number of hydrogen-bond donors (Lipinski definition) is 2. The second kappa shape index (κ2) is 3.32. The van der Waals surface area contributed by atoms with Gasteiger partial charge in [-0.05, 0) is 18.2 Å². The molecule has 0 spiro atoms.